The molecule has 5 nitrogen and oxygen atoms in total. The Morgan fingerprint density at radius 1 is 1.58 bits per heavy atom. The minimum atomic E-state index is -0.690. The lowest BCUT2D eigenvalue weighted by atomic mass is 10.0. The maximum Gasteiger partial charge on any atom is 0.246 e. The molecule has 5 heteroatoms. The van der Waals surface area contributed by atoms with Gasteiger partial charge in [-0.25, -0.2) is 0 Å². The van der Waals surface area contributed by atoms with Crippen molar-refractivity contribution in [3.8, 4) is 0 Å². The van der Waals surface area contributed by atoms with Crippen LogP contribution in [0.1, 0.15) is 31.4 Å². The Morgan fingerprint density at radius 3 is 2.84 bits per heavy atom. The summed E-state index contributed by atoms with van der Waals surface area (Å²) in [6.07, 6.45) is 8.62. The summed E-state index contributed by atoms with van der Waals surface area (Å²) in [5, 5.41) is 14.3. The van der Waals surface area contributed by atoms with E-state index in [2.05, 4.69) is 5.10 Å². The minimum Gasteiger partial charge on any atom is -0.388 e. The summed E-state index contributed by atoms with van der Waals surface area (Å²) in [5.41, 5.74) is 0.187. The highest BCUT2D eigenvalue weighted by Gasteiger charge is 2.32. The molecule has 0 aliphatic heterocycles. The highest BCUT2D eigenvalue weighted by atomic mass is 16.3. The summed E-state index contributed by atoms with van der Waals surface area (Å²) in [6.45, 7) is 0.404. The van der Waals surface area contributed by atoms with Gasteiger partial charge in [-0.1, -0.05) is 12.8 Å². The average molecular weight is 263 g/mol. The number of likely N-dealkylation sites (N-methyl/N-ethyl adjacent to an activating group) is 1. The Labute approximate surface area is 113 Å². The fraction of sp³-hybridized carbons (Fsp3) is 0.571. The van der Waals surface area contributed by atoms with Crippen molar-refractivity contribution in [2.45, 2.75) is 31.3 Å². The number of hydrogen-bond acceptors (Lipinski definition) is 3. The van der Waals surface area contributed by atoms with Crippen molar-refractivity contribution in [2.24, 2.45) is 7.05 Å². The number of carbonyl (C=O) groups is 1. The number of hydrogen-bond donors (Lipinski definition) is 1. The van der Waals surface area contributed by atoms with Crippen molar-refractivity contribution in [2.75, 3.05) is 13.6 Å². The standard InChI is InChI=1S/C14H21N3O2/c1-16(11-14(19)8-3-4-9-14)13(18)6-5-12-7-10-15-17(12)2/h5-7,10,19H,3-4,8-9,11H2,1-2H3/b6-5+. The van der Waals surface area contributed by atoms with Gasteiger partial charge in [0.15, 0.2) is 0 Å². The van der Waals surface area contributed by atoms with E-state index in [1.165, 1.54) is 6.08 Å². The molecule has 0 radical (unpaired) electrons. The lowest BCUT2D eigenvalue weighted by Crippen LogP contribution is -2.41. The van der Waals surface area contributed by atoms with E-state index in [0.29, 0.717) is 6.54 Å². The van der Waals surface area contributed by atoms with Crippen LogP contribution in [-0.2, 0) is 11.8 Å². The molecule has 1 fully saturated rings. The first-order valence-corrected chi connectivity index (χ1v) is 6.64. The van der Waals surface area contributed by atoms with Crippen LogP contribution in [0, 0.1) is 0 Å². The molecule has 2 rings (SSSR count). The van der Waals surface area contributed by atoms with Crippen LogP contribution in [0.5, 0.6) is 0 Å². The van der Waals surface area contributed by atoms with Crippen LogP contribution in [-0.4, -0.2) is 44.9 Å². The van der Waals surface area contributed by atoms with E-state index in [4.69, 9.17) is 0 Å². The van der Waals surface area contributed by atoms with Crippen molar-refractivity contribution in [3.05, 3.63) is 24.0 Å². The molecule has 1 aliphatic rings. The first-order valence-electron chi connectivity index (χ1n) is 6.64. The van der Waals surface area contributed by atoms with Gasteiger partial charge in [0, 0.05) is 32.9 Å². The third kappa shape index (κ3) is 3.44. The van der Waals surface area contributed by atoms with E-state index in [0.717, 1.165) is 31.4 Å². The van der Waals surface area contributed by atoms with Crippen molar-refractivity contribution in [3.63, 3.8) is 0 Å². The van der Waals surface area contributed by atoms with Crippen molar-refractivity contribution in [1.82, 2.24) is 14.7 Å². The van der Waals surface area contributed by atoms with Crippen LogP contribution in [0.4, 0.5) is 0 Å². The molecule has 1 amide bonds. The molecule has 1 heterocycles. The van der Waals surface area contributed by atoms with Gasteiger partial charge in [0.25, 0.3) is 0 Å². The molecular weight excluding hydrogens is 242 g/mol. The maximum absolute atomic E-state index is 12.0. The molecule has 0 unspecified atom stereocenters. The highest BCUT2D eigenvalue weighted by molar-refractivity contribution is 5.91. The van der Waals surface area contributed by atoms with Crippen molar-refractivity contribution < 1.29 is 9.90 Å². The second-order valence-corrected chi connectivity index (χ2v) is 5.34. The summed E-state index contributed by atoms with van der Waals surface area (Å²) in [6, 6.07) is 1.84. The minimum absolute atomic E-state index is 0.0958. The molecule has 0 aromatic carbocycles. The van der Waals surface area contributed by atoms with E-state index < -0.39 is 5.60 Å². The van der Waals surface area contributed by atoms with Gasteiger partial charge in [0.1, 0.15) is 0 Å². The average Bonchev–Trinajstić information content (AvgIpc) is 2.95. The molecule has 1 saturated carbocycles. The molecule has 0 bridgehead atoms. The topological polar surface area (TPSA) is 58.4 Å². The SMILES string of the molecule is CN(CC1(O)CCCC1)C(=O)/C=C/c1ccnn1C. The van der Waals surface area contributed by atoms with Gasteiger partial charge in [-0.05, 0) is 25.0 Å². The zero-order valence-corrected chi connectivity index (χ0v) is 11.5. The van der Waals surface area contributed by atoms with Gasteiger partial charge in [0.2, 0.25) is 5.91 Å². The van der Waals surface area contributed by atoms with E-state index in [1.54, 1.807) is 28.9 Å². The molecule has 1 N–H and O–H groups in total. The van der Waals surface area contributed by atoms with Crippen LogP contribution >= 0.6 is 0 Å². The van der Waals surface area contributed by atoms with Crippen molar-refractivity contribution >= 4 is 12.0 Å². The third-order valence-electron chi connectivity index (χ3n) is 3.70. The number of rotatable bonds is 4. The van der Waals surface area contributed by atoms with Crippen molar-refractivity contribution in [1.29, 1.82) is 0 Å². The quantitative estimate of drug-likeness (QED) is 0.830. The number of aromatic nitrogens is 2. The number of aliphatic hydroxyl groups is 1. The molecule has 1 aromatic heterocycles. The highest BCUT2D eigenvalue weighted by Crippen LogP contribution is 2.29. The lowest BCUT2D eigenvalue weighted by Gasteiger charge is -2.27. The normalized spacial score (nSPS) is 18.1. The summed E-state index contributed by atoms with van der Waals surface area (Å²) in [4.78, 5) is 13.6. The van der Waals surface area contributed by atoms with Crippen LogP contribution in [0.2, 0.25) is 0 Å². The van der Waals surface area contributed by atoms with Gasteiger partial charge in [-0.2, -0.15) is 5.10 Å². The predicted octanol–water partition coefficient (Wildman–Crippen LogP) is 1.20. The summed E-state index contributed by atoms with van der Waals surface area (Å²) in [7, 11) is 3.56. The summed E-state index contributed by atoms with van der Waals surface area (Å²) in [5.74, 6) is -0.0958. The van der Waals surface area contributed by atoms with Gasteiger partial charge in [-0.15, -0.1) is 0 Å². The largest absolute Gasteiger partial charge is 0.388 e. The van der Waals surface area contributed by atoms with Gasteiger partial charge in [0.05, 0.1) is 11.3 Å². The predicted molar refractivity (Wildman–Crippen MR) is 73.3 cm³/mol. The molecule has 1 aliphatic carbocycles. The fourth-order valence-electron chi connectivity index (χ4n) is 2.54. The van der Waals surface area contributed by atoms with Crippen LogP contribution in [0.15, 0.2) is 18.3 Å². The van der Waals surface area contributed by atoms with E-state index in [9.17, 15) is 9.90 Å². The first-order chi connectivity index (χ1) is 9.00. The van der Waals surface area contributed by atoms with E-state index in [1.807, 2.05) is 13.1 Å². The Bertz CT molecular complexity index is 473. The number of amides is 1. The smallest absolute Gasteiger partial charge is 0.246 e. The molecule has 104 valence electrons. The molecular formula is C14H21N3O2. The van der Waals surface area contributed by atoms with E-state index >= 15 is 0 Å². The second-order valence-electron chi connectivity index (χ2n) is 5.34. The van der Waals surface area contributed by atoms with Crippen LogP contribution in [0.25, 0.3) is 6.08 Å². The molecule has 0 atom stereocenters. The monoisotopic (exact) mass is 263 g/mol. The van der Waals surface area contributed by atoms with Crippen LogP contribution in [0.3, 0.4) is 0 Å². The first kappa shape index (κ1) is 13.8. The third-order valence-corrected chi connectivity index (χ3v) is 3.70. The second kappa shape index (κ2) is 5.57. The molecule has 1 aromatic rings. The Balaban J connectivity index is 1.92. The van der Waals surface area contributed by atoms with Gasteiger partial charge in [-0.3, -0.25) is 9.48 Å². The Hall–Kier alpha value is -1.62. The van der Waals surface area contributed by atoms with Gasteiger partial charge < -0.3 is 10.0 Å². The Morgan fingerprint density at radius 2 is 2.26 bits per heavy atom. The number of aryl methyl sites for hydroxylation is 1. The van der Waals surface area contributed by atoms with Crippen LogP contribution < -0.4 is 0 Å². The summed E-state index contributed by atoms with van der Waals surface area (Å²) >= 11 is 0. The molecule has 0 spiro atoms. The number of nitrogens with zero attached hydrogens (tertiary/aromatic N) is 3. The fourth-order valence-corrected chi connectivity index (χ4v) is 2.54. The maximum atomic E-state index is 12.0. The molecule has 0 saturated heterocycles. The van der Waals surface area contributed by atoms with E-state index in [-0.39, 0.29) is 5.91 Å². The zero-order chi connectivity index (χ0) is 13.9. The zero-order valence-electron chi connectivity index (χ0n) is 11.5. The Kier molecular flexibility index (Phi) is 4.04. The molecule has 19 heavy (non-hydrogen) atoms. The summed E-state index contributed by atoms with van der Waals surface area (Å²) < 4.78 is 1.70. The van der Waals surface area contributed by atoms with Gasteiger partial charge >= 0.3 is 0 Å². The lowest BCUT2D eigenvalue weighted by molar-refractivity contribution is -0.127. The number of carbonyl (C=O) groups excluding carboxylic acids is 1.